The van der Waals surface area contributed by atoms with E-state index < -0.39 is 9.84 Å². The first-order chi connectivity index (χ1) is 12.9. The molecule has 0 atom stereocenters. The molecule has 0 spiro atoms. The second-order valence-electron chi connectivity index (χ2n) is 6.44. The van der Waals surface area contributed by atoms with Crippen LogP contribution < -0.4 is 4.74 Å². The maximum absolute atomic E-state index is 11.6. The highest BCUT2D eigenvalue weighted by Gasteiger charge is 2.26. The predicted molar refractivity (Wildman–Crippen MR) is 102 cm³/mol. The number of hydrogen-bond donors (Lipinski definition) is 0. The number of piperidine rings is 1. The number of rotatable bonds is 5. The highest BCUT2D eigenvalue weighted by atomic mass is 32.2. The van der Waals surface area contributed by atoms with Gasteiger partial charge in [-0.3, -0.25) is 0 Å². The number of carbonyl (C=O) groups excluding carboxylic acids is 1. The second-order valence-corrected chi connectivity index (χ2v) is 9.35. The van der Waals surface area contributed by atoms with Crippen molar-refractivity contribution in [3.63, 3.8) is 0 Å². The van der Waals surface area contributed by atoms with Crippen LogP contribution in [0.5, 0.6) is 5.75 Å². The van der Waals surface area contributed by atoms with E-state index in [1.165, 1.54) is 25.5 Å². The Labute approximate surface area is 162 Å². The van der Waals surface area contributed by atoms with Crippen molar-refractivity contribution in [2.45, 2.75) is 30.3 Å². The number of likely N-dealkylation sites (tertiary alicyclic amines) is 1. The van der Waals surface area contributed by atoms with Crippen molar-refractivity contribution in [2.24, 2.45) is 0 Å². The molecule has 1 aliphatic rings. The summed E-state index contributed by atoms with van der Waals surface area (Å²) in [5.41, 5.74) is 0.845. The summed E-state index contributed by atoms with van der Waals surface area (Å²) in [6.45, 7) is 1.68. The minimum atomic E-state index is -3.21. The van der Waals surface area contributed by atoms with Crippen molar-refractivity contribution in [1.82, 2.24) is 9.88 Å². The molecule has 2 aromatic rings. The van der Waals surface area contributed by atoms with Gasteiger partial charge in [0.25, 0.3) is 0 Å². The lowest BCUT2D eigenvalue weighted by molar-refractivity contribution is 0.112. The van der Waals surface area contributed by atoms with Crippen molar-refractivity contribution in [3.8, 4) is 5.75 Å². The van der Waals surface area contributed by atoms with Crippen molar-refractivity contribution >= 4 is 27.3 Å². The van der Waals surface area contributed by atoms with Gasteiger partial charge in [0.05, 0.1) is 22.7 Å². The Hall–Kier alpha value is -2.13. The Morgan fingerprint density at radius 3 is 2.52 bits per heavy atom. The Morgan fingerprint density at radius 2 is 1.93 bits per heavy atom. The molecular weight excluding hydrogens is 388 g/mol. The van der Waals surface area contributed by atoms with Gasteiger partial charge in [-0.1, -0.05) is 0 Å². The van der Waals surface area contributed by atoms with E-state index in [1.807, 2.05) is 5.38 Å². The van der Waals surface area contributed by atoms with Crippen LogP contribution in [0, 0.1) is 0 Å². The summed E-state index contributed by atoms with van der Waals surface area (Å²) in [5.74, 6) is 0.946. The number of benzene rings is 1. The van der Waals surface area contributed by atoms with Crippen LogP contribution in [0.25, 0.3) is 0 Å². The molecule has 0 bridgehead atoms. The van der Waals surface area contributed by atoms with Gasteiger partial charge in [0.15, 0.2) is 9.84 Å². The third-order valence-electron chi connectivity index (χ3n) is 4.49. The lowest BCUT2D eigenvalue weighted by Crippen LogP contribution is -2.37. The van der Waals surface area contributed by atoms with Crippen molar-refractivity contribution in [1.29, 1.82) is 0 Å². The molecule has 1 aliphatic heterocycles. The summed E-state index contributed by atoms with van der Waals surface area (Å²) < 4.78 is 33.4. The molecule has 7 nitrogen and oxygen atoms in total. The predicted octanol–water partition coefficient (Wildman–Crippen LogP) is 3.07. The molecule has 1 amide bonds. The van der Waals surface area contributed by atoms with Crippen LogP contribution in [-0.4, -0.2) is 50.9 Å². The Balaban J connectivity index is 1.53. The van der Waals surface area contributed by atoms with Crippen LogP contribution in [0.3, 0.4) is 0 Å². The van der Waals surface area contributed by atoms with Gasteiger partial charge in [-0.25, -0.2) is 18.2 Å². The van der Waals surface area contributed by atoms with E-state index >= 15 is 0 Å². The monoisotopic (exact) mass is 410 g/mol. The van der Waals surface area contributed by atoms with Gasteiger partial charge < -0.3 is 14.4 Å². The number of sulfone groups is 1. The average molecular weight is 411 g/mol. The van der Waals surface area contributed by atoms with Gasteiger partial charge in [-0.05, 0) is 37.1 Å². The number of methoxy groups -OCH3 is 1. The summed E-state index contributed by atoms with van der Waals surface area (Å²) in [7, 11) is -1.81. The Morgan fingerprint density at radius 1 is 1.26 bits per heavy atom. The molecule has 0 saturated carbocycles. The van der Waals surface area contributed by atoms with Crippen LogP contribution in [0.1, 0.15) is 29.5 Å². The number of amides is 1. The van der Waals surface area contributed by atoms with Gasteiger partial charge >= 0.3 is 6.09 Å². The number of ether oxygens (including phenoxy) is 2. The van der Waals surface area contributed by atoms with Gasteiger partial charge in [0.2, 0.25) is 0 Å². The summed E-state index contributed by atoms with van der Waals surface area (Å²) in [5, 5.41) is 3.04. The summed E-state index contributed by atoms with van der Waals surface area (Å²) in [6, 6.07) is 6.36. The molecular formula is C18H22N2O5S2. The lowest BCUT2D eigenvalue weighted by Gasteiger charge is -2.29. The van der Waals surface area contributed by atoms with E-state index in [2.05, 4.69) is 4.98 Å². The lowest BCUT2D eigenvalue weighted by atomic mass is 9.98. The first kappa shape index (κ1) is 19.6. The molecule has 146 valence electrons. The van der Waals surface area contributed by atoms with E-state index in [1.54, 1.807) is 28.4 Å². The Kier molecular flexibility index (Phi) is 6.01. The third kappa shape index (κ3) is 4.98. The van der Waals surface area contributed by atoms with E-state index in [0.717, 1.165) is 23.5 Å². The fourth-order valence-electron chi connectivity index (χ4n) is 2.95. The zero-order valence-corrected chi connectivity index (χ0v) is 16.9. The van der Waals surface area contributed by atoms with Gasteiger partial charge in [0, 0.05) is 30.6 Å². The van der Waals surface area contributed by atoms with Crippen LogP contribution >= 0.6 is 11.3 Å². The minimum absolute atomic E-state index is 0.268. The molecule has 0 radical (unpaired) electrons. The normalized spacial score (nSPS) is 15.6. The van der Waals surface area contributed by atoms with Crippen LogP contribution in [-0.2, 0) is 21.2 Å². The largest absolute Gasteiger partial charge is 0.487 e. The van der Waals surface area contributed by atoms with Crippen LogP contribution in [0.4, 0.5) is 4.79 Å². The fraction of sp³-hybridized carbons (Fsp3) is 0.444. The smallest absolute Gasteiger partial charge is 0.409 e. The standard InChI is InChI=1S/C18H22N2O5S2/c1-24-18(21)20-9-7-13(8-10-20)17-19-14(12-26-17)11-25-15-3-5-16(6-4-15)27(2,22)23/h3-6,12-13H,7-11H2,1-2H3. The van der Waals surface area contributed by atoms with E-state index in [0.29, 0.717) is 31.4 Å². The van der Waals surface area contributed by atoms with Crippen LogP contribution in [0.2, 0.25) is 0 Å². The SMILES string of the molecule is COC(=O)N1CCC(c2nc(COc3ccc(S(C)(=O)=O)cc3)cs2)CC1. The molecule has 27 heavy (non-hydrogen) atoms. The fourth-order valence-corrected chi connectivity index (χ4v) is 4.56. The number of thiazole rings is 1. The van der Waals surface area contributed by atoms with E-state index in [4.69, 9.17) is 9.47 Å². The number of carbonyl (C=O) groups is 1. The molecule has 3 rings (SSSR count). The molecule has 9 heteroatoms. The molecule has 1 aromatic heterocycles. The summed E-state index contributed by atoms with van der Waals surface area (Å²) in [6.07, 6.45) is 2.64. The maximum Gasteiger partial charge on any atom is 0.409 e. The average Bonchev–Trinajstić information content (AvgIpc) is 3.14. The Bertz CT molecular complexity index is 885. The molecule has 1 fully saturated rings. The van der Waals surface area contributed by atoms with Crippen molar-refractivity contribution < 1.29 is 22.7 Å². The highest BCUT2D eigenvalue weighted by Crippen LogP contribution is 2.30. The first-order valence-electron chi connectivity index (χ1n) is 8.57. The number of aromatic nitrogens is 1. The zero-order chi connectivity index (χ0) is 19.4. The van der Waals surface area contributed by atoms with E-state index in [9.17, 15) is 13.2 Å². The second kappa shape index (κ2) is 8.26. The first-order valence-corrected chi connectivity index (χ1v) is 11.3. The maximum atomic E-state index is 11.6. The zero-order valence-electron chi connectivity index (χ0n) is 15.3. The number of hydrogen-bond acceptors (Lipinski definition) is 7. The van der Waals surface area contributed by atoms with E-state index in [-0.39, 0.29) is 11.0 Å². The number of nitrogens with zero attached hydrogens (tertiary/aromatic N) is 2. The highest BCUT2D eigenvalue weighted by molar-refractivity contribution is 7.90. The van der Waals surface area contributed by atoms with Crippen molar-refractivity contribution in [3.05, 3.63) is 40.3 Å². The molecule has 0 unspecified atom stereocenters. The molecule has 1 saturated heterocycles. The quantitative estimate of drug-likeness (QED) is 0.753. The summed E-state index contributed by atoms with van der Waals surface area (Å²) in [4.78, 5) is 18.2. The van der Waals surface area contributed by atoms with Gasteiger partial charge in [-0.15, -0.1) is 11.3 Å². The van der Waals surface area contributed by atoms with Crippen LogP contribution in [0.15, 0.2) is 34.5 Å². The van der Waals surface area contributed by atoms with Gasteiger partial charge in [-0.2, -0.15) is 0 Å². The van der Waals surface area contributed by atoms with Crippen molar-refractivity contribution in [2.75, 3.05) is 26.5 Å². The summed E-state index contributed by atoms with van der Waals surface area (Å²) >= 11 is 1.61. The molecule has 1 aromatic carbocycles. The third-order valence-corrected chi connectivity index (χ3v) is 6.67. The molecule has 2 heterocycles. The van der Waals surface area contributed by atoms with Gasteiger partial charge in [0.1, 0.15) is 12.4 Å². The molecule has 0 aliphatic carbocycles. The minimum Gasteiger partial charge on any atom is -0.487 e. The molecule has 0 N–H and O–H groups in total. The topological polar surface area (TPSA) is 85.8 Å².